The van der Waals surface area contributed by atoms with E-state index in [1.54, 1.807) is 19.9 Å². The summed E-state index contributed by atoms with van der Waals surface area (Å²) in [6.07, 6.45) is 0.133. The summed E-state index contributed by atoms with van der Waals surface area (Å²) in [5.74, 6) is -0.678. The van der Waals surface area contributed by atoms with Gasteiger partial charge in [-0.3, -0.25) is 0 Å². The normalized spacial score (nSPS) is 14.5. The van der Waals surface area contributed by atoms with E-state index in [-0.39, 0.29) is 17.7 Å². The first-order valence-electron chi connectivity index (χ1n) is 5.82. The average molecular weight is 274 g/mol. The third-order valence-corrected chi connectivity index (χ3v) is 4.98. The standard InChI is InChI=1S/C13H19FO3S/c1-10(11-6-4-5-7-12(11)14)18(16,17)9-8-13(2,3)15/h4-7,10,15H,8-9H2,1-3H3. The number of benzene rings is 1. The van der Waals surface area contributed by atoms with Gasteiger partial charge in [-0.15, -0.1) is 0 Å². The van der Waals surface area contributed by atoms with Crippen molar-refractivity contribution >= 4 is 9.84 Å². The van der Waals surface area contributed by atoms with E-state index in [1.807, 2.05) is 0 Å². The number of rotatable bonds is 5. The summed E-state index contributed by atoms with van der Waals surface area (Å²) in [6.45, 7) is 4.57. The first kappa shape index (κ1) is 15.1. The molecule has 0 aliphatic carbocycles. The van der Waals surface area contributed by atoms with Crippen molar-refractivity contribution in [3.63, 3.8) is 0 Å². The fraction of sp³-hybridized carbons (Fsp3) is 0.538. The molecule has 5 heteroatoms. The van der Waals surface area contributed by atoms with Crippen molar-refractivity contribution in [3.8, 4) is 0 Å². The van der Waals surface area contributed by atoms with Crippen LogP contribution in [-0.2, 0) is 9.84 Å². The van der Waals surface area contributed by atoms with Gasteiger partial charge in [0.05, 0.1) is 16.6 Å². The van der Waals surface area contributed by atoms with E-state index < -0.39 is 26.5 Å². The van der Waals surface area contributed by atoms with Gasteiger partial charge in [-0.25, -0.2) is 12.8 Å². The Morgan fingerprint density at radius 1 is 1.33 bits per heavy atom. The van der Waals surface area contributed by atoms with Gasteiger partial charge in [-0.2, -0.15) is 0 Å². The highest BCUT2D eigenvalue weighted by atomic mass is 32.2. The lowest BCUT2D eigenvalue weighted by atomic mass is 10.1. The van der Waals surface area contributed by atoms with Gasteiger partial charge in [0.2, 0.25) is 0 Å². The highest BCUT2D eigenvalue weighted by molar-refractivity contribution is 7.91. The minimum atomic E-state index is -3.47. The first-order chi connectivity index (χ1) is 8.13. The van der Waals surface area contributed by atoms with E-state index in [9.17, 15) is 17.9 Å². The van der Waals surface area contributed by atoms with Crippen LogP contribution in [0.4, 0.5) is 4.39 Å². The molecule has 0 saturated carbocycles. The quantitative estimate of drug-likeness (QED) is 0.897. The van der Waals surface area contributed by atoms with E-state index in [0.29, 0.717) is 0 Å². The molecular weight excluding hydrogens is 255 g/mol. The molecule has 0 aliphatic rings. The summed E-state index contributed by atoms with van der Waals surface area (Å²) in [5.41, 5.74) is -0.865. The second kappa shape index (κ2) is 5.36. The minimum Gasteiger partial charge on any atom is -0.390 e. The third kappa shape index (κ3) is 4.07. The maximum atomic E-state index is 13.5. The molecule has 1 unspecified atom stereocenters. The van der Waals surface area contributed by atoms with Gasteiger partial charge < -0.3 is 5.11 Å². The Morgan fingerprint density at radius 2 is 1.89 bits per heavy atom. The van der Waals surface area contributed by atoms with Crippen LogP contribution in [0.2, 0.25) is 0 Å². The van der Waals surface area contributed by atoms with Gasteiger partial charge in [0.15, 0.2) is 9.84 Å². The molecule has 0 heterocycles. The zero-order valence-electron chi connectivity index (χ0n) is 10.9. The molecule has 0 aromatic heterocycles. The number of aliphatic hydroxyl groups is 1. The topological polar surface area (TPSA) is 54.4 Å². The molecular formula is C13H19FO3S. The zero-order valence-corrected chi connectivity index (χ0v) is 11.7. The van der Waals surface area contributed by atoms with Crippen molar-refractivity contribution in [2.75, 3.05) is 5.75 Å². The van der Waals surface area contributed by atoms with Crippen LogP contribution in [0.3, 0.4) is 0 Å². The predicted molar refractivity (Wildman–Crippen MR) is 69.5 cm³/mol. The Balaban J connectivity index is 2.90. The number of hydrogen-bond donors (Lipinski definition) is 1. The third-order valence-electron chi connectivity index (χ3n) is 2.88. The van der Waals surface area contributed by atoms with E-state index in [0.717, 1.165) is 0 Å². The molecule has 0 amide bonds. The lowest BCUT2D eigenvalue weighted by Crippen LogP contribution is -2.25. The first-order valence-corrected chi connectivity index (χ1v) is 7.53. The highest BCUT2D eigenvalue weighted by Gasteiger charge is 2.27. The Bertz CT molecular complexity index is 503. The van der Waals surface area contributed by atoms with E-state index in [4.69, 9.17) is 0 Å². The van der Waals surface area contributed by atoms with Gasteiger partial charge in [-0.05, 0) is 33.3 Å². The summed E-state index contributed by atoms with van der Waals surface area (Å²) < 4.78 is 37.6. The Kier molecular flexibility index (Phi) is 4.50. The van der Waals surface area contributed by atoms with E-state index >= 15 is 0 Å². The molecule has 0 saturated heterocycles. The molecule has 18 heavy (non-hydrogen) atoms. The molecule has 1 N–H and O–H groups in total. The smallest absolute Gasteiger partial charge is 0.157 e. The Morgan fingerprint density at radius 3 is 2.39 bits per heavy atom. The molecule has 0 fully saturated rings. The SMILES string of the molecule is CC(c1ccccc1F)S(=O)(=O)CCC(C)(C)O. The van der Waals surface area contributed by atoms with Crippen LogP contribution in [0.25, 0.3) is 0 Å². The largest absolute Gasteiger partial charge is 0.390 e. The van der Waals surface area contributed by atoms with Crippen LogP contribution in [0.1, 0.15) is 38.0 Å². The second-order valence-electron chi connectivity index (χ2n) is 5.09. The molecule has 1 aromatic rings. The molecule has 102 valence electrons. The lowest BCUT2D eigenvalue weighted by Gasteiger charge is -2.19. The number of hydrogen-bond acceptors (Lipinski definition) is 3. The maximum absolute atomic E-state index is 13.5. The van der Waals surface area contributed by atoms with Gasteiger partial charge in [0, 0.05) is 5.56 Å². The van der Waals surface area contributed by atoms with Gasteiger partial charge >= 0.3 is 0 Å². The van der Waals surface area contributed by atoms with Gasteiger partial charge in [-0.1, -0.05) is 18.2 Å². The monoisotopic (exact) mass is 274 g/mol. The van der Waals surface area contributed by atoms with Crippen LogP contribution in [0, 0.1) is 5.82 Å². The second-order valence-corrected chi connectivity index (χ2v) is 7.53. The number of sulfone groups is 1. The van der Waals surface area contributed by atoms with Crippen molar-refractivity contribution < 1.29 is 17.9 Å². The van der Waals surface area contributed by atoms with Gasteiger partial charge in [0.25, 0.3) is 0 Å². The fourth-order valence-corrected chi connectivity index (χ4v) is 3.28. The van der Waals surface area contributed by atoms with Crippen LogP contribution < -0.4 is 0 Å². The summed E-state index contributed by atoms with van der Waals surface area (Å²) in [4.78, 5) is 0. The molecule has 3 nitrogen and oxygen atoms in total. The molecule has 0 aliphatic heterocycles. The average Bonchev–Trinajstić information content (AvgIpc) is 2.25. The van der Waals surface area contributed by atoms with Crippen LogP contribution >= 0.6 is 0 Å². The van der Waals surface area contributed by atoms with Crippen molar-refractivity contribution in [1.82, 2.24) is 0 Å². The lowest BCUT2D eigenvalue weighted by molar-refractivity contribution is 0.0772. The molecule has 0 radical (unpaired) electrons. The summed E-state index contributed by atoms with van der Waals surface area (Å²) in [6, 6.07) is 5.86. The highest BCUT2D eigenvalue weighted by Crippen LogP contribution is 2.26. The summed E-state index contributed by atoms with van der Waals surface area (Å²) >= 11 is 0. The van der Waals surface area contributed by atoms with Crippen molar-refractivity contribution in [1.29, 1.82) is 0 Å². The van der Waals surface area contributed by atoms with E-state index in [2.05, 4.69) is 0 Å². The minimum absolute atomic E-state index is 0.133. The molecule has 1 aromatic carbocycles. The summed E-state index contributed by atoms with van der Waals surface area (Å²) in [5, 5.41) is 8.65. The maximum Gasteiger partial charge on any atom is 0.157 e. The summed E-state index contributed by atoms with van der Waals surface area (Å²) in [7, 11) is -3.47. The van der Waals surface area contributed by atoms with Crippen LogP contribution in [0.15, 0.2) is 24.3 Å². The predicted octanol–water partition coefficient (Wildman–Crippen LogP) is 2.46. The zero-order chi connectivity index (χ0) is 14.0. The van der Waals surface area contributed by atoms with Crippen molar-refractivity contribution in [2.45, 2.75) is 38.0 Å². The number of halogens is 1. The van der Waals surface area contributed by atoms with E-state index in [1.165, 1.54) is 25.1 Å². The molecule has 0 bridgehead atoms. The van der Waals surface area contributed by atoms with Crippen LogP contribution in [0.5, 0.6) is 0 Å². The van der Waals surface area contributed by atoms with Crippen LogP contribution in [-0.4, -0.2) is 24.9 Å². The fourth-order valence-electron chi connectivity index (χ4n) is 1.57. The van der Waals surface area contributed by atoms with Gasteiger partial charge in [0.1, 0.15) is 5.82 Å². The van der Waals surface area contributed by atoms with Crippen molar-refractivity contribution in [2.24, 2.45) is 0 Å². The Labute approximate surface area is 108 Å². The molecule has 1 atom stereocenters. The Hall–Kier alpha value is -0.940. The molecule has 0 spiro atoms. The van der Waals surface area contributed by atoms with Crippen molar-refractivity contribution in [3.05, 3.63) is 35.6 Å². The molecule has 1 rings (SSSR count).